The van der Waals surface area contributed by atoms with Crippen LogP contribution in [0.5, 0.6) is 0 Å². The lowest BCUT2D eigenvalue weighted by atomic mass is 9.98. The number of sulfonamides is 1. The van der Waals surface area contributed by atoms with Gasteiger partial charge in [-0.1, -0.05) is 19.9 Å². The number of furan rings is 1. The maximum Gasteiger partial charge on any atom is 0.251 e. The monoisotopic (exact) mass is 448 g/mol. The summed E-state index contributed by atoms with van der Waals surface area (Å²) in [6.07, 6.45) is 1.46. The standard InChI is InChI=1S/C21H24N2O5S2/c1-3-23(4-2)30(26,27)17-11-9-16(10-12-17)20(24)22-15-21(25,18-7-5-13-28-18)19-8-6-14-29-19/h5-14,25H,3-4,15H2,1-2H3,(H,22,24). The van der Waals surface area contributed by atoms with Gasteiger partial charge >= 0.3 is 0 Å². The second-order valence-electron chi connectivity index (χ2n) is 6.61. The molecule has 0 aliphatic carbocycles. The molecular weight excluding hydrogens is 424 g/mol. The van der Waals surface area contributed by atoms with E-state index in [4.69, 9.17) is 4.42 Å². The third-order valence-electron chi connectivity index (χ3n) is 4.82. The molecule has 0 radical (unpaired) electrons. The van der Waals surface area contributed by atoms with Crippen molar-refractivity contribution in [1.82, 2.24) is 9.62 Å². The van der Waals surface area contributed by atoms with Crippen molar-refractivity contribution in [3.05, 3.63) is 76.4 Å². The molecule has 3 aromatic rings. The summed E-state index contributed by atoms with van der Waals surface area (Å²) < 4.78 is 31.9. The average Bonchev–Trinajstić information content (AvgIpc) is 3.47. The molecule has 3 rings (SSSR count). The Morgan fingerprint density at radius 1 is 1.13 bits per heavy atom. The molecule has 0 saturated heterocycles. The molecule has 1 amide bonds. The molecule has 9 heteroatoms. The summed E-state index contributed by atoms with van der Waals surface area (Å²) >= 11 is 1.35. The minimum Gasteiger partial charge on any atom is -0.466 e. The van der Waals surface area contributed by atoms with Crippen LogP contribution in [-0.4, -0.2) is 43.4 Å². The van der Waals surface area contributed by atoms with Gasteiger partial charge < -0.3 is 14.8 Å². The molecule has 1 unspecified atom stereocenters. The molecule has 1 atom stereocenters. The average molecular weight is 449 g/mol. The number of hydrogen-bond acceptors (Lipinski definition) is 6. The highest BCUT2D eigenvalue weighted by Crippen LogP contribution is 2.32. The van der Waals surface area contributed by atoms with Gasteiger partial charge in [0.2, 0.25) is 10.0 Å². The van der Waals surface area contributed by atoms with E-state index in [9.17, 15) is 18.3 Å². The van der Waals surface area contributed by atoms with Gasteiger partial charge in [0.15, 0.2) is 5.60 Å². The van der Waals surface area contributed by atoms with E-state index in [2.05, 4.69) is 5.32 Å². The van der Waals surface area contributed by atoms with E-state index in [1.807, 2.05) is 11.4 Å². The first-order valence-electron chi connectivity index (χ1n) is 9.51. The van der Waals surface area contributed by atoms with Crippen molar-refractivity contribution < 1.29 is 22.7 Å². The second kappa shape index (κ2) is 9.13. The maximum atomic E-state index is 12.6. The molecule has 1 aromatic carbocycles. The fourth-order valence-corrected chi connectivity index (χ4v) is 5.41. The van der Waals surface area contributed by atoms with Gasteiger partial charge in [-0.3, -0.25) is 4.79 Å². The molecule has 0 saturated carbocycles. The Morgan fingerprint density at radius 3 is 2.37 bits per heavy atom. The zero-order chi connectivity index (χ0) is 21.8. The third kappa shape index (κ3) is 4.34. The van der Waals surface area contributed by atoms with Crippen LogP contribution in [0.1, 0.15) is 34.8 Å². The van der Waals surface area contributed by atoms with E-state index in [0.29, 0.717) is 29.3 Å². The normalized spacial score (nSPS) is 13.9. The number of nitrogens with zero attached hydrogens (tertiary/aromatic N) is 1. The number of carbonyl (C=O) groups is 1. The zero-order valence-corrected chi connectivity index (χ0v) is 18.4. The Bertz CT molecular complexity index is 1020. The number of amides is 1. The van der Waals surface area contributed by atoms with Crippen LogP contribution in [-0.2, 0) is 15.6 Å². The summed E-state index contributed by atoms with van der Waals surface area (Å²) in [5, 5.41) is 15.8. The van der Waals surface area contributed by atoms with Crippen molar-refractivity contribution in [3.8, 4) is 0 Å². The number of nitrogens with one attached hydrogen (secondary N) is 1. The van der Waals surface area contributed by atoms with Crippen molar-refractivity contribution in [1.29, 1.82) is 0 Å². The Labute approximate surface area is 180 Å². The number of benzene rings is 1. The van der Waals surface area contributed by atoms with Gasteiger partial charge in [-0.05, 0) is 47.8 Å². The molecule has 160 valence electrons. The summed E-state index contributed by atoms with van der Waals surface area (Å²) in [7, 11) is -3.59. The van der Waals surface area contributed by atoms with Gasteiger partial charge in [0.1, 0.15) is 5.76 Å². The number of rotatable bonds is 9. The van der Waals surface area contributed by atoms with Crippen LogP contribution in [0.4, 0.5) is 0 Å². The zero-order valence-electron chi connectivity index (χ0n) is 16.7. The molecular formula is C21H24N2O5S2. The fourth-order valence-electron chi connectivity index (χ4n) is 3.12. The first kappa shape index (κ1) is 22.2. The van der Waals surface area contributed by atoms with Crippen molar-refractivity contribution in [3.63, 3.8) is 0 Å². The molecule has 0 aliphatic rings. The highest BCUT2D eigenvalue weighted by Gasteiger charge is 2.36. The highest BCUT2D eigenvalue weighted by atomic mass is 32.2. The smallest absolute Gasteiger partial charge is 0.251 e. The summed E-state index contributed by atoms with van der Waals surface area (Å²) in [6, 6.07) is 12.7. The Morgan fingerprint density at radius 2 is 1.83 bits per heavy atom. The first-order chi connectivity index (χ1) is 14.3. The van der Waals surface area contributed by atoms with Crippen LogP contribution < -0.4 is 5.32 Å². The van der Waals surface area contributed by atoms with Crippen molar-refractivity contribution in [2.24, 2.45) is 0 Å². The molecule has 0 fully saturated rings. The Kier molecular flexibility index (Phi) is 6.77. The molecule has 0 bridgehead atoms. The van der Waals surface area contributed by atoms with E-state index >= 15 is 0 Å². The van der Waals surface area contributed by atoms with Gasteiger partial charge in [0, 0.05) is 23.5 Å². The molecule has 2 N–H and O–H groups in total. The third-order valence-corrected chi connectivity index (χ3v) is 7.91. The van der Waals surface area contributed by atoms with Crippen LogP contribution in [0.2, 0.25) is 0 Å². The van der Waals surface area contributed by atoms with E-state index in [0.717, 1.165) is 0 Å². The molecule has 0 spiro atoms. The van der Waals surface area contributed by atoms with Crippen LogP contribution in [0.25, 0.3) is 0 Å². The van der Waals surface area contributed by atoms with Gasteiger partial charge in [0.05, 0.1) is 17.7 Å². The number of carbonyl (C=O) groups excluding carboxylic acids is 1. The number of aliphatic hydroxyl groups is 1. The SMILES string of the molecule is CCN(CC)S(=O)(=O)c1ccc(C(=O)NCC(O)(c2ccco2)c2cccs2)cc1. The Hall–Kier alpha value is -2.46. The highest BCUT2D eigenvalue weighted by molar-refractivity contribution is 7.89. The van der Waals surface area contributed by atoms with Crippen LogP contribution in [0.15, 0.2) is 69.5 Å². The van der Waals surface area contributed by atoms with Gasteiger partial charge in [-0.25, -0.2) is 8.42 Å². The van der Waals surface area contributed by atoms with E-state index in [1.54, 1.807) is 32.0 Å². The largest absolute Gasteiger partial charge is 0.466 e. The summed E-state index contributed by atoms with van der Waals surface area (Å²) in [4.78, 5) is 13.4. The predicted octanol–water partition coefficient (Wildman–Crippen LogP) is 3.04. The van der Waals surface area contributed by atoms with Gasteiger partial charge in [0.25, 0.3) is 5.91 Å². The summed E-state index contributed by atoms with van der Waals surface area (Å²) in [6.45, 7) is 4.19. The quantitative estimate of drug-likeness (QED) is 0.524. The minimum absolute atomic E-state index is 0.0979. The lowest BCUT2D eigenvalue weighted by Crippen LogP contribution is -2.41. The summed E-state index contributed by atoms with van der Waals surface area (Å²) in [5.41, 5.74) is -1.21. The Balaban J connectivity index is 1.76. The van der Waals surface area contributed by atoms with Crippen molar-refractivity contribution in [2.75, 3.05) is 19.6 Å². The van der Waals surface area contributed by atoms with E-state index < -0.39 is 21.5 Å². The predicted molar refractivity (Wildman–Crippen MR) is 115 cm³/mol. The molecule has 7 nitrogen and oxygen atoms in total. The lowest BCUT2D eigenvalue weighted by molar-refractivity contribution is 0.0554. The number of hydrogen-bond donors (Lipinski definition) is 2. The number of thiophene rings is 1. The minimum atomic E-state index is -3.59. The van der Waals surface area contributed by atoms with Gasteiger partial charge in [-0.2, -0.15) is 4.31 Å². The van der Waals surface area contributed by atoms with Crippen LogP contribution >= 0.6 is 11.3 Å². The molecule has 2 heterocycles. The first-order valence-corrected chi connectivity index (χ1v) is 11.8. The maximum absolute atomic E-state index is 12.6. The lowest BCUT2D eigenvalue weighted by Gasteiger charge is -2.25. The molecule has 2 aromatic heterocycles. The van der Waals surface area contributed by atoms with E-state index in [-0.39, 0.29) is 11.4 Å². The van der Waals surface area contributed by atoms with Gasteiger partial charge in [-0.15, -0.1) is 11.3 Å². The van der Waals surface area contributed by atoms with Crippen LogP contribution in [0, 0.1) is 0 Å². The topological polar surface area (TPSA) is 99.9 Å². The fraction of sp³-hybridized carbons (Fsp3) is 0.286. The van der Waals surface area contributed by atoms with E-state index in [1.165, 1.54) is 46.2 Å². The van der Waals surface area contributed by atoms with Crippen molar-refractivity contribution in [2.45, 2.75) is 24.3 Å². The summed E-state index contributed by atoms with van der Waals surface area (Å²) in [5.74, 6) is -0.103. The molecule has 30 heavy (non-hydrogen) atoms. The second-order valence-corrected chi connectivity index (χ2v) is 9.50. The van der Waals surface area contributed by atoms with Crippen molar-refractivity contribution >= 4 is 27.3 Å². The molecule has 0 aliphatic heterocycles. The van der Waals surface area contributed by atoms with Crippen LogP contribution in [0.3, 0.4) is 0 Å².